The Balaban J connectivity index is 2.07. The summed E-state index contributed by atoms with van der Waals surface area (Å²) in [5.41, 5.74) is 5.50. The quantitative estimate of drug-likeness (QED) is 0.242. The number of oxime groups is 1. The van der Waals surface area contributed by atoms with Gasteiger partial charge in [0.2, 0.25) is 0 Å². The smallest absolute Gasteiger partial charge is 0.144 e. The summed E-state index contributed by atoms with van der Waals surface area (Å²) in [6.45, 7) is 4.08. The molecule has 106 valence electrons. The minimum atomic E-state index is -0.176. The SMILES string of the molecule is CC(C)(CCCCSC1CCCCC1)C(N)=NO. The fourth-order valence-electron chi connectivity index (χ4n) is 2.41. The van der Waals surface area contributed by atoms with Crippen LogP contribution in [-0.2, 0) is 0 Å². The average molecular weight is 272 g/mol. The molecule has 0 spiro atoms. The van der Waals surface area contributed by atoms with Crippen molar-refractivity contribution in [2.45, 2.75) is 70.5 Å². The molecular formula is C14H28N2OS. The molecule has 1 aliphatic rings. The molecule has 18 heavy (non-hydrogen) atoms. The first-order valence-corrected chi connectivity index (χ1v) is 8.21. The molecule has 3 nitrogen and oxygen atoms in total. The van der Waals surface area contributed by atoms with E-state index >= 15 is 0 Å². The highest BCUT2D eigenvalue weighted by Gasteiger charge is 2.22. The van der Waals surface area contributed by atoms with Crippen LogP contribution in [0.5, 0.6) is 0 Å². The largest absolute Gasteiger partial charge is 0.409 e. The first kappa shape index (κ1) is 15.7. The van der Waals surface area contributed by atoms with E-state index in [-0.39, 0.29) is 5.41 Å². The zero-order valence-electron chi connectivity index (χ0n) is 11.8. The van der Waals surface area contributed by atoms with Crippen molar-refractivity contribution in [2.75, 3.05) is 5.75 Å². The third-order valence-electron chi connectivity index (χ3n) is 3.90. The van der Waals surface area contributed by atoms with Crippen LogP contribution in [0.1, 0.15) is 65.2 Å². The highest BCUT2D eigenvalue weighted by atomic mass is 32.2. The minimum Gasteiger partial charge on any atom is -0.409 e. The number of thioether (sulfide) groups is 1. The molecule has 4 heteroatoms. The molecule has 1 saturated carbocycles. The van der Waals surface area contributed by atoms with Gasteiger partial charge in [-0.15, -0.1) is 0 Å². The summed E-state index contributed by atoms with van der Waals surface area (Å²) in [5, 5.41) is 12.7. The van der Waals surface area contributed by atoms with Crippen LogP contribution >= 0.6 is 11.8 Å². The van der Waals surface area contributed by atoms with Gasteiger partial charge in [-0.1, -0.05) is 44.7 Å². The van der Waals surface area contributed by atoms with Gasteiger partial charge in [0.05, 0.1) is 0 Å². The lowest BCUT2D eigenvalue weighted by atomic mass is 9.86. The van der Waals surface area contributed by atoms with Crippen LogP contribution in [0.3, 0.4) is 0 Å². The van der Waals surface area contributed by atoms with E-state index in [2.05, 4.69) is 16.9 Å². The van der Waals surface area contributed by atoms with Crippen molar-refractivity contribution < 1.29 is 5.21 Å². The van der Waals surface area contributed by atoms with Gasteiger partial charge in [-0.25, -0.2) is 0 Å². The maximum Gasteiger partial charge on any atom is 0.144 e. The molecule has 0 bridgehead atoms. The van der Waals surface area contributed by atoms with Crippen LogP contribution < -0.4 is 5.73 Å². The van der Waals surface area contributed by atoms with Crippen LogP contribution in [0.15, 0.2) is 5.16 Å². The van der Waals surface area contributed by atoms with E-state index in [1.165, 1.54) is 44.3 Å². The summed E-state index contributed by atoms with van der Waals surface area (Å²) in [6, 6.07) is 0. The van der Waals surface area contributed by atoms with Crippen molar-refractivity contribution >= 4 is 17.6 Å². The lowest BCUT2D eigenvalue weighted by Crippen LogP contribution is -2.31. The van der Waals surface area contributed by atoms with Crippen LogP contribution in [0.2, 0.25) is 0 Å². The molecule has 0 radical (unpaired) electrons. The predicted octanol–water partition coefficient (Wildman–Crippen LogP) is 4.00. The number of hydrogen-bond donors (Lipinski definition) is 2. The third-order valence-corrected chi connectivity index (χ3v) is 5.37. The Morgan fingerprint density at radius 3 is 2.56 bits per heavy atom. The normalized spacial score (nSPS) is 19.1. The number of nitrogens with zero attached hydrogens (tertiary/aromatic N) is 1. The van der Waals surface area contributed by atoms with Gasteiger partial charge in [-0.3, -0.25) is 0 Å². The van der Waals surface area contributed by atoms with Crippen LogP contribution in [0, 0.1) is 5.41 Å². The Morgan fingerprint density at radius 1 is 1.28 bits per heavy atom. The van der Waals surface area contributed by atoms with E-state index in [9.17, 15) is 0 Å². The van der Waals surface area contributed by atoms with E-state index in [4.69, 9.17) is 10.9 Å². The molecule has 0 heterocycles. The first-order valence-electron chi connectivity index (χ1n) is 7.16. The van der Waals surface area contributed by atoms with Gasteiger partial charge in [-0.2, -0.15) is 11.8 Å². The van der Waals surface area contributed by atoms with Gasteiger partial charge in [0.25, 0.3) is 0 Å². The van der Waals surface area contributed by atoms with Gasteiger partial charge in [0.1, 0.15) is 5.84 Å². The number of hydrogen-bond acceptors (Lipinski definition) is 3. The molecule has 1 fully saturated rings. The highest BCUT2D eigenvalue weighted by Crippen LogP contribution is 2.30. The molecule has 0 aromatic carbocycles. The molecule has 1 aliphatic carbocycles. The molecule has 0 saturated heterocycles. The van der Waals surface area contributed by atoms with Gasteiger partial charge < -0.3 is 10.9 Å². The van der Waals surface area contributed by atoms with Gasteiger partial charge >= 0.3 is 0 Å². The standard InChI is InChI=1S/C14H28N2OS/c1-14(2,13(15)16-17)10-6-7-11-18-12-8-4-3-5-9-12/h12,17H,3-11H2,1-2H3,(H2,15,16). The topological polar surface area (TPSA) is 58.6 Å². The van der Waals surface area contributed by atoms with Crippen molar-refractivity contribution in [3.63, 3.8) is 0 Å². The van der Waals surface area contributed by atoms with Crippen molar-refractivity contribution in [2.24, 2.45) is 16.3 Å². The van der Waals surface area contributed by atoms with Crippen molar-refractivity contribution in [3.05, 3.63) is 0 Å². The fourth-order valence-corrected chi connectivity index (χ4v) is 3.79. The second-order valence-electron chi connectivity index (χ2n) is 5.96. The lowest BCUT2D eigenvalue weighted by molar-refractivity contribution is 0.304. The number of nitrogens with two attached hydrogens (primary N) is 1. The Morgan fingerprint density at radius 2 is 1.94 bits per heavy atom. The van der Waals surface area contributed by atoms with E-state index in [0.717, 1.165) is 18.1 Å². The summed E-state index contributed by atoms with van der Waals surface area (Å²) in [7, 11) is 0. The molecule has 0 aromatic rings. The summed E-state index contributed by atoms with van der Waals surface area (Å²) in [5.74, 6) is 1.61. The van der Waals surface area contributed by atoms with E-state index in [0.29, 0.717) is 5.84 Å². The molecular weight excluding hydrogens is 244 g/mol. The molecule has 1 rings (SSSR count). The number of amidine groups is 1. The maximum atomic E-state index is 8.70. The second-order valence-corrected chi connectivity index (χ2v) is 7.37. The van der Waals surface area contributed by atoms with Crippen LogP contribution in [0.25, 0.3) is 0 Å². The van der Waals surface area contributed by atoms with Gasteiger partial charge in [-0.05, 0) is 31.4 Å². The van der Waals surface area contributed by atoms with E-state index < -0.39 is 0 Å². The summed E-state index contributed by atoms with van der Waals surface area (Å²) < 4.78 is 0. The average Bonchev–Trinajstić information content (AvgIpc) is 2.38. The minimum absolute atomic E-state index is 0.176. The maximum absolute atomic E-state index is 8.70. The summed E-state index contributed by atoms with van der Waals surface area (Å²) >= 11 is 2.15. The highest BCUT2D eigenvalue weighted by molar-refractivity contribution is 7.99. The predicted molar refractivity (Wildman–Crippen MR) is 80.4 cm³/mol. The zero-order valence-corrected chi connectivity index (χ0v) is 12.6. The first-order chi connectivity index (χ1) is 8.56. The monoisotopic (exact) mass is 272 g/mol. The molecule has 0 atom stereocenters. The molecule has 3 N–H and O–H groups in total. The lowest BCUT2D eigenvalue weighted by Gasteiger charge is -2.23. The van der Waals surface area contributed by atoms with E-state index in [1.807, 2.05) is 13.8 Å². The van der Waals surface area contributed by atoms with Crippen molar-refractivity contribution in [1.82, 2.24) is 0 Å². The summed E-state index contributed by atoms with van der Waals surface area (Å²) in [6.07, 6.45) is 10.5. The van der Waals surface area contributed by atoms with Crippen LogP contribution in [-0.4, -0.2) is 22.0 Å². The Hall–Kier alpha value is -0.380. The molecule has 0 amide bonds. The van der Waals surface area contributed by atoms with E-state index in [1.54, 1.807) is 0 Å². The molecule has 0 aliphatic heterocycles. The van der Waals surface area contributed by atoms with Crippen molar-refractivity contribution in [3.8, 4) is 0 Å². The second kappa shape index (κ2) is 7.93. The Labute approximate surface area is 116 Å². The summed E-state index contributed by atoms with van der Waals surface area (Å²) in [4.78, 5) is 0. The zero-order chi connectivity index (χ0) is 13.4. The Kier molecular flexibility index (Phi) is 6.90. The van der Waals surface area contributed by atoms with Gasteiger partial charge in [0, 0.05) is 10.7 Å². The van der Waals surface area contributed by atoms with Crippen molar-refractivity contribution in [1.29, 1.82) is 0 Å². The van der Waals surface area contributed by atoms with Crippen LogP contribution in [0.4, 0.5) is 0 Å². The third kappa shape index (κ3) is 5.51. The Bertz CT molecular complexity index is 261. The van der Waals surface area contributed by atoms with Gasteiger partial charge in [0.15, 0.2) is 0 Å². The fraction of sp³-hybridized carbons (Fsp3) is 0.929. The number of rotatable bonds is 7. The number of unbranched alkanes of at least 4 members (excludes halogenated alkanes) is 1. The molecule has 0 unspecified atom stereocenters. The molecule has 0 aromatic heterocycles.